The SMILES string of the molecule is C[n+]1c(-c2ccc(Cl)cc2)c2cc(N)ccc2c2ccc(N)cc21.[Cl-]. The van der Waals surface area contributed by atoms with Gasteiger partial charge in [0.05, 0.1) is 10.8 Å². The van der Waals surface area contributed by atoms with Crippen LogP contribution in [-0.4, -0.2) is 0 Å². The first-order valence-corrected chi connectivity index (χ1v) is 8.09. The zero-order valence-electron chi connectivity index (χ0n) is 13.6. The third-order valence-electron chi connectivity index (χ3n) is 4.43. The fraction of sp³-hybridized carbons (Fsp3) is 0.0500. The van der Waals surface area contributed by atoms with Crippen molar-refractivity contribution in [2.24, 2.45) is 7.05 Å². The largest absolute Gasteiger partial charge is 1.00 e. The summed E-state index contributed by atoms with van der Waals surface area (Å²) in [6, 6.07) is 19.9. The molecular formula is C20H17Cl2N3. The van der Waals surface area contributed by atoms with Crippen LogP contribution in [0.2, 0.25) is 5.02 Å². The molecule has 0 aliphatic heterocycles. The first-order chi connectivity index (χ1) is 11.5. The van der Waals surface area contributed by atoms with Gasteiger partial charge in [0.1, 0.15) is 7.05 Å². The van der Waals surface area contributed by atoms with E-state index in [1.807, 2.05) is 55.6 Å². The number of aromatic nitrogens is 1. The molecule has 0 fully saturated rings. The Balaban J connectivity index is 0.00000182. The molecule has 0 amide bonds. The molecule has 0 aliphatic rings. The third kappa shape index (κ3) is 2.86. The van der Waals surface area contributed by atoms with Gasteiger partial charge >= 0.3 is 0 Å². The summed E-state index contributed by atoms with van der Waals surface area (Å²) in [5.74, 6) is 0. The zero-order chi connectivity index (χ0) is 16.8. The highest BCUT2D eigenvalue weighted by Crippen LogP contribution is 2.33. The molecule has 3 aromatic carbocycles. The molecule has 0 saturated carbocycles. The van der Waals surface area contributed by atoms with Gasteiger partial charge in [0.2, 0.25) is 11.2 Å². The van der Waals surface area contributed by atoms with Crippen molar-refractivity contribution in [3.8, 4) is 11.3 Å². The van der Waals surface area contributed by atoms with E-state index in [9.17, 15) is 0 Å². The highest BCUT2D eigenvalue weighted by molar-refractivity contribution is 6.30. The quantitative estimate of drug-likeness (QED) is 0.302. The van der Waals surface area contributed by atoms with E-state index >= 15 is 0 Å². The highest BCUT2D eigenvalue weighted by Gasteiger charge is 2.20. The number of pyridine rings is 1. The third-order valence-corrected chi connectivity index (χ3v) is 4.68. The number of rotatable bonds is 1. The van der Waals surface area contributed by atoms with E-state index in [1.165, 1.54) is 0 Å². The van der Waals surface area contributed by atoms with E-state index in [1.54, 1.807) is 0 Å². The minimum Gasteiger partial charge on any atom is -1.00 e. The maximum Gasteiger partial charge on any atom is 0.220 e. The van der Waals surface area contributed by atoms with E-state index in [4.69, 9.17) is 23.1 Å². The number of fused-ring (bicyclic) bond motifs is 3. The molecule has 0 bridgehead atoms. The summed E-state index contributed by atoms with van der Waals surface area (Å²) in [4.78, 5) is 0. The molecule has 4 rings (SSSR count). The van der Waals surface area contributed by atoms with Gasteiger partial charge in [-0.25, -0.2) is 0 Å². The van der Waals surface area contributed by atoms with E-state index in [2.05, 4.69) is 16.7 Å². The number of halogens is 2. The second-order valence-corrected chi connectivity index (χ2v) is 6.43. The molecule has 25 heavy (non-hydrogen) atoms. The summed E-state index contributed by atoms with van der Waals surface area (Å²) >= 11 is 6.05. The smallest absolute Gasteiger partial charge is 0.220 e. The van der Waals surface area contributed by atoms with Crippen LogP contribution in [0.3, 0.4) is 0 Å². The number of benzene rings is 3. The average molecular weight is 370 g/mol. The van der Waals surface area contributed by atoms with Gasteiger partial charge in [-0.2, -0.15) is 4.57 Å². The molecule has 0 radical (unpaired) electrons. The van der Waals surface area contributed by atoms with Gasteiger partial charge in [-0.15, -0.1) is 0 Å². The van der Waals surface area contributed by atoms with Crippen LogP contribution in [-0.2, 0) is 7.05 Å². The van der Waals surface area contributed by atoms with Crippen molar-refractivity contribution in [3.63, 3.8) is 0 Å². The molecule has 4 N–H and O–H groups in total. The first-order valence-electron chi connectivity index (χ1n) is 7.71. The highest BCUT2D eigenvalue weighted by atomic mass is 35.5. The van der Waals surface area contributed by atoms with Crippen molar-refractivity contribution >= 4 is 44.7 Å². The van der Waals surface area contributed by atoms with Crippen molar-refractivity contribution in [3.05, 3.63) is 65.7 Å². The molecule has 0 spiro atoms. The molecule has 0 unspecified atom stereocenters. The Hall–Kier alpha value is -2.49. The lowest BCUT2D eigenvalue weighted by Gasteiger charge is -2.11. The van der Waals surface area contributed by atoms with E-state index < -0.39 is 0 Å². The Morgan fingerprint density at radius 1 is 0.760 bits per heavy atom. The van der Waals surface area contributed by atoms with Crippen molar-refractivity contribution < 1.29 is 17.0 Å². The van der Waals surface area contributed by atoms with Crippen LogP contribution in [0.1, 0.15) is 0 Å². The van der Waals surface area contributed by atoms with Gasteiger partial charge in [0.15, 0.2) is 0 Å². The molecule has 3 nitrogen and oxygen atoms in total. The Kier molecular flexibility index (Phi) is 4.46. The van der Waals surface area contributed by atoms with E-state index in [0.29, 0.717) is 0 Å². The Bertz CT molecular complexity index is 1090. The summed E-state index contributed by atoms with van der Waals surface area (Å²) in [6.07, 6.45) is 0. The number of nitrogens with two attached hydrogens (primary N) is 2. The molecular weight excluding hydrogens is 353 g/mol. The first kappa shape index (κ1) is 17.3. The van der Waals surface area contributed by atoms with Gasteiger partial charge in [-0.3, -0.25) is 0 Å². The molecule has 0 saturated heterocycles. The summed E-state index contributed by atoms with van der Waals surface area (Å²) in [5.41, 5.74) is 16.8. The molecule has 1 aromatic heterocycles. The van der Waals surface area contributed by atoms with Crippen molar-refractivity contribution in [2.75, 3.05) is 11.5 Å². The predicted molar refractivity (Wildman–Crippen MR) is 102 cm³/mol. The fourth-order valence-corrected chi connectivity index (χ4v) is 3.43. The number of aryl methyl sites for hydroxylation is 1. The number of hydrogen-bond acceptors (Lipinski definition) is 2. The minimum absolute atomic E-state index is 0. The maximum absolute atomic E-state index is 6.06. The summed E-state index contributed by atoms with van der Waals surface area (Å²) < 4.78 is 2.16. The van der Waals surface area contributed by atoms with Crippen molar-refractivity contribution in [1.82, 2.24) is 0 Å². The van der Waals surface area contributed by atoms with Gasteiger partial charge in [-0.05, 0) is 48.5 Å². The average Bonchev–Trinajstić information content (AvgIpc) is 2.57. The monoisotopic (exact) mass is 369 g/mol. The van der Waals surface area contributed by atoms with Gasteiger partial charge in [0, 0.05) is 33.4 Å². The molecule has 0 aliphatic carbocycles. The van der Waals surface area contributed by atoms with Gasteiger partial charge < -0.3 is 23.9 Å². The Labute approximate surface area is 157 Å². The van der Waals surface area contributed by atoms with Crippen LogP contribution in [0, 0.1) is 0 Å². The van der Waals surface area contributed by atoms with E-state index in [0.717, 1.165) is 49.3 Å². The molecule has 1 heterocycles. The van der Waals surface area contributed by atoms with Crippen molar-refractivity contribution in [2.45, 2.75) is 0 Å². The van der Waals surface area contributed by atoms with Crippen molar-refractivity contribution in [1.29, 1.82) is 0 Å². The summed E-state index contributed by atoms with van der Waals surface area (Å²) in [5, 5.41) is 4.13. The topological polar surface area (TPSA) is 55.9 Å². The second kappa shape index (κ2) is 6.43. The normalized spacial score (nSPS) is 10.8. The molecule has 5 heteroatoms. The number of hydrogen-bond donors (Lipinski definition) is 2. The maximum atomic E-state index is 6.06. The summed E-state index contributed by atoms with van der Waals surface area (Å²) in [7, 11) is 2.05. The number of nitrogens with zero attached hydrogens (tertiary/aromatic N) is 1. The molecule has 0 atom stereocenters. The van der Waals surface area contributed by atoms with Crippen LogP contribution in [0.25, 0.3) is 32.9 Å². The lowest BCUT2D eigenvalue weighted by Crippen LogP contribution is -3.00. The Morgan fingerprint density at radius 2 is 1.36 bits per heavy atom. The molecule has 4 aromatic rings. The summed E-state index contributed by atoms with van der Waals surface area (Å²) in [6.45, 7) is 0. The van der Waals surface area contributed by atoms with Crippen LogP contribution in [0.5, 0.6) is 0 Å². The number of nitrogen functional groups attached to an aromatic ring is 2. The zero-order valence-corrected chi connectivity index (χ0v) is 15.1. The fourth-order valence-electron chi connectivity index (χ4n) is 3.30. The van der Waals surface area contributed by atoms with Crippen LogP contribution in [0.4, 0.5) is 11.4 Å². The Morgan fingerprint density at radius 3 is 2.04 bits per heavy atom. The van der Waals surface area contributed by atoms with Crippen LogP contribution < -0.4 is 28.4 Å². The van der Waals surface area contributed by atoms with Gasteiger partial charge in [-0.1, -0.05) is 17.7 Å². The van der Waals surface area contributed by atoms with Crippen LogP contribution in [0.15, 0.2) is 60.7 Å². The van der Waals surface area contributed by atoms with E-state index in [-0.39, 0.29) is 12.4 Å². The second-order valence-electron chi connectivity index (χ2n) is 6.00. The molecule has 126 valence electrons. The standard InChI is InChI=1S/C20H16ClN3.ClH/c1-24-19-11-15(23)7-9-17(19)16-8-6-14(22)10-18(16)20(24)12-2-4-13(21)5-3-12;/h2-11,23H,22H2,1H3;1H. The van der Waals surface area contributed by atoms with Crippen LogP contribution >= 0.6 is 11.6 Å². The van der Waals surface area contributed by atoms with Gasteiger partial charge in [0.25, 0.3) is 0 Å². The lowest BCUT2D eigenvalue weighted by atomic mass is 9.98. The lowest BCUT2D eigenvalue weighted by molar-refractivity contribution is -0.632. The predicted octanol–water partition coefficient (Wildman–Crippen LogP) is 1.31. The minimum atomic E-state index is 0. The number of anilines is 2.